The third-order valence-electron chi connectivity index (χ3n) is 5.11. The summed E-state index contributed by atoms with van der Waals surface area (Å²) in [6, 6.07) is 29.9. The van der Waals surface area contributed by atoms with Crippen LogP contribution in [0.5, 0.6) is 0 Å². The highest BCUT2D eigenvalue weighted by Gasteiger charge is 2.29. The quantitative estimate of drug-likeness (QED) is 0.332. The molecule has 128 valence electrons. The lowest BCUT2D eigenvalue weighted by Crippen LogP contribution is -1.99. The van der Waals surface area contributed by atoms with Crippen LogP contribution in [0.2, 0.25) is 5.02 Å². The second-order valence-electron chi connectivity index (χ2n) is 6.66. The van der Waals surface area contributed by atoms with E-state index in [-0.39, 0.29) is 5.78 Å². The number of carbonyl (C=O) groups excluding carboxylic acids is 1. The van der Waals surface area contributed by atoms with E-state index in [1.807, 2.05) is 78.9 Å². The summed E-state index contributed by atoms with van der Waals surface area (Å²) >= 11 is 6.35. The van der Waals surface area contributed by atoms with E-state index >= 15 is 0 Å². The molecule has 1 aliphatic rings. The molecule has 0 aromatic heterocycles. The van der Waals surface area contributed by atoms with Gasteiger partial charge in [0.2, 0.25) is 0 Å². The van der Waals surface area contributed by atoms with E-state index in [1.54, 1.807) is 0 Å². The Kier molecular flexibility index (Phi) is 3.70. The summed E-state index contributed by atoms with van der Waals surface area (Å²) in [5.41, 5.74) is 7.60. The Morgan fingerprint density at radius 2 is 1.15 bits per heavy atom. The van der Waals surface area contributed by atoms with Gasteiger partial charge in [0.05, 0.1) is 0 Å². The Labute approximate surface area is 162 Å². The monoisotopic (exact) mass is 366 g/mol. The maximum Gasteiger partial charge on any atom is 0.194 e. The van der Waals surface area contributed by atoms with E-state index in [0.717, 1.165) is 44.5 Å². The van der Waals surface area contributed by atoms with Gasteiger partial charge in [0.25, 0.3) is 0 Å². The van der Waals surface area contributed by atoms with Gasteiger partial charge in [-0.25, -0.2) is 0 Å². The summed E-state index contributed by atoms with van der Waals surface area (Å²) < 4.78 is 0. The first kappa shape index (κ1) is 16.0. The van der Waals surface area contributed by atoms with E-state index in [4.69, 9.17) is 11.6 Å². The van der Waals surface area contributed by atoms with Gasteiger partial charge in [-0.3, -0.25) is 4.79 Å². The maximum absolute atomic E-state index is 13.2. The van der Waals surface area contributed by atoms with Crippen LogP contribution in [-0.2, 0) is 0 Å². The number of halogens is 1. The number of fused-ring (bicyclic) bond motifs is 3. The zero-order valence-corrected chi connectivity index (χ0v) is 15.2. The molecule has 0 atom stereocenters. The van der Waals surface area contributed by atoms with Crippen molar-refractivity contribution in [3.8, 4) is 33.4 Å². The third kappa shape index (κ3) is 2.51. The predicted molar refractivity (Wildman–Crippen MR) is 111 cm³/mol. The van der Waals surface area contributed by atoms with Gasteiger partial charge in [-0.2, -0.15) is 0 Å². The van der Waals surface area contributed by atoms with Crippen molar-refractivity contribution in [1.82, 2.24) is 0 Å². The van der Waals surface area contributed by atoms with Gasteiger partial charge in [-0.05, 0) is 45.5 Å². The topological polar surface area (TPSA) is 17.1 Å². The fraction of sp³-hybridized carbons (Fsp3) is 0. The Morgan fingerprint density at radius 1 is 0.519 bits per heavy atom. The minimum Gasteiger partial charge on any atom is -0.289 e. The Balaban J connectivity index is 1.80. The van der Waals surface area contributed by atoms with E-state index in [1.165, 1.54) is 0 Å². The van der Waals surface area contributed by atoms with Gasteiger partial charge in [-0.15, -0.1) is 0 Å². The van der Waals surface area contributed by atoms with Crippen LogP contribution in [0.3, 0.4) is 0 Å². The number of benzene rings is 4. The molecule has 0 aliphatic heterocycles. The van der Waals surface area contributed by atoms with Gasteiger partial charge in [0, 0.05) is 16.1 Å². The molecule has 0 bridgehead atoms. The zero-order valence-electron chi connectivity index (χ0n) is 14.4. The lowest BCUT2D eigenvalue weighted by Gasteiger charge is -2.14. The van der Waals surface area contributed by atoms with Crippen LogP contribution >= 0.6 is 11.6 Å². The van der Waals surface area contributed by atoms with Crippen LogP contribution in [0.4, 0.5) is 0 Å². The number of hydrogen-bond acceptors (Lipinski definition) is 1. The van der Waals surface area contributed by atoms with Crippen molar-refractivity contribution >= 4 is 17.4 Å². The molecular formula is C25H15ClO. The lowest BCUT2D eigenvalue weighted by molar-refractivity contribution is 0.104. The zero-order chi connectivity index (χ0) is 18.4. The molecule has 0 N–H and O–H groups in total. The first-order valence-corrected chi connectivity index (χ1v) is 9.24. The minimum atomic E-state index is 0.0789. The van der Waals surface area contributed by atoms with Gasteiger partial charge in [0.1, 0.15) is 0 Å². The third-order valence-corrected chi connectivity index (χ3v) is 5.35. The molecule has 5 rings (SSSR count). The molecule has 0 spiro atoms. The summed E-state index contributed by atoms with van der Waals surface area (Å²) in [5.74, 6) is 0.0789. The number of hydrogen-bond donors (Lipinski definition) is 0. The fourth-order valence-electron chi connectivity index (χ4n) is 3.91. The molecule has 1 nitrogen and oxygen atoms in total. The van der Waals surface area contributed by atoms with Gasteiger partial charge in [0.15, 0.2) is 5.78 Å². The van der Waals surface area contributed by atoms with Crippen LogP contribution in [0.1, 0.15) is 15.9 Å². The average Bonchev–Trinajstić information content (AvgIpc) is 3.02. The smallest absolute Gasteiger partial charge is 0.194 e. The Morgan fingerprint density at radius 3 is 1.93 bits per heavy atom. The number of rotatable bonds is 2. The summed E-state index contributed by atoms with van der Waals surface area (Å²) in [5, 5.41) is 0.658. The summed E-state index contributed by atoms with van der Waals surface area (Å²) in [4.78, 5) is 13.2. The standard InChI is InChI=1S/C25H15ClO/c26-17-13-14-18(16-7-2-1-3-8-16)23(15-17)21-12-6-11-20-19-9-4-5-10-22(19)25(27)24(20)21/h1-15H. The summed E-state index contributed by atoms with van der Waals surface area (Å²) in [6.45, 7) is 0. The molecule has 0 radical (unpaired) electrons. The Hall–Kier alpha value is -3.16. The van der Waals surface area contributed by atoms with Crippen molar-refractivity contribution in [3.63, 3.8) is 0 Å². The highest BCUT2D eigenvalue weighted by molar-refractivity contribution is 6.31. The molecule has 0 amide bonds. The van der Waals surface area contributed by atoms with E-state index < -0.39 is 0 Å². The molecular weight excluding hydrogens is 352 g/mol. The second kappa shape index (κ2) is 6.22. The largest absolute Gasteiger partial charge is 0.289 e. The molecule has 0 unspecified atom stereocenters. The van der Waals surface area contributed by atoms with Crippen molar-refractivity contribution in [2.24, 2.45) is 0 Å². The van der Waals surface area contributed by atoms with E-state index in [9.17, 15) is 4.79 Å². The minimum absolute atomic E-state index is 0.0789. The van der Waals surface area contributed by atoms with Crippen molar-refractivity contribution in [2.75, 3.05) is 0 Å². The number of carbonyl (C=O) groups is 1. The van der Waals surface area contributed by atoms with Crippen molar-refractivity contribution in [2.45, 2.75) is 0 Å². The van der Waals surface area contributed by atoms with Crippen LogP contribution in [0, 0.1) is 0 Å². The Bertz CT molecular complexity index is 1190. The van der Waals surface area contributed by atoms with Crippen LogP contribution < -0.4 is 0 Å². The first-order chi connectivity index (χ1) is 13.2. The molecule has 0 saturated carbocycles. The molecule has 0 heterocycles. The SMILES string of the molecule is O=C1c2ccccc2-c2cccc(-c3cc(Cl)ccc3-c3ccccc3)c21. The van der Waals surface area contributed by atoms with Gasteiger partial charge >= 0.3 is 0 Å². The van der Waals surface area contributed by atoms with Gasteiger partial charge < -0.3 is 0 Å². The van der Waals surface area contributed by atoms with Crippen molar-refractivity contribution < 1.29 is 4.79 Å². The van der Waals surface area contributed by atoms with E-state index in [0.29, 0.717) is 5.02 Å². The molecule has 4 aromatic carbocycles. The van der Waals surface area contributed by atoms with Crippen molar-refractivity contribution in [1.29, 1.82) is 0 Å². The molecule has 0 saturated heterocycles. The molecule has 2 heteroatoms. The maximum atomic E-state index is 13.2. The molecule has 1 aliphatic carbocycles. The van der Waals surface area contributed by atoms with Crippen molar-refractivity contribution in [3.05, 3.63) is 107 Å². The highest BCUT2D eigenvalue weighted by Crippen LogP contribution is 2.44. The highest BCUT2D eigenvalue weighted by atomic mass is 35.5. The van der Waals surface area contributed by atoms with Crippen LogP contribution in [0.15, 0.2) is 91.0 Å². The molecule has 4 aromatic rings. The summed E-state index contributed by atoms with van der Waals surface area (Å²) in [7, 11) is 0. The normalized spacial score (nSPS) is 12.0. The van der Waals surface area contributed by atoms with Gasteiger partial charge in [-0.1, -0.05) is 90.5 Å². The average molecular weight is 367 g/mol. The fourth-order valence-corrected chi connectivity index (χ4v) is 4.08. The van der Waals surface area contributed by atoms with Crippen LogP contribution in [-0.4, -0.2) is 5.78 Å². The van der Waals surface area contributed by atoms with Crippen LogP contribution in [0.25, 0.3) is 33.4 Å². The first-order valence-electron chi connectivity index (χ1n) is 8.86. The van der Waals surface area contributed by atoms with E-state index in [2.05, 4.69) is 12.1 Å². The molecule has 27 heavy (non-hydrogen) atoms. The summed E-state index contributed by atoms with van der Waals surface area (Å²) in [6.07, 6.45) is 0. The molecule has 0 fully saturated rings. The number of ketones is 1. The lowest BCUT2D eigenvalue weighted by atomic mass is 9.90. The second-order valence-corrected chi connectivity index (χ2v) is 7.10. The predicted octanol–water partition coefficient (Wildman–Crippen LogP) is 6.89.